The molecule has 4 atom stereocenters. The Hall–Kier alpha value is -2.57. The lowest BCUT2D eigenvalue weighted by atomic mass is 10.2. The largest absolute Gasteiger partial charge is 0.414 e. The van der Waals surface area contributed by atoms with Crippen molar-refractivity contribution in [3.63, 3.8) is 0 Å². The summed E-state index contributed by atoms with van der Waals surface area (Å²) in [6.07, 6.45) is 0. The van der Waals surface area contributed by atoms with Crippen molar-refractivity contribution in [2.45, 2.75) is 38.3 Å². The Kier molecular flexibility index (Phi) is 20.1. The zero-order valence-electron chi connectivity index (χ0n) is 30.3. The molecule has 12 heteroatoms. The van der Waals surface area contributed by atoms with E-state index >= 15 is 0 Å². The van der Waals surface area contributed by atoms with Gasteiger partial charge in [-0.15, -0.1) is 0 Å². The molecule has 0 saturated heterocycles. The van der Waals surface area contributed by atoms with Crippen LogP contribution >= 0.6 is 0 Å². The molecule has 8 nitrogen and oxygen atoms in total. The summed E-state index contributed by atoms with van der Waals surface area (Å²) in [5.74, 6) is 0. The minimum Gasteiger partial charge on any atom is -0.414 e. The summed E-state index contributed by atoms with van der Waals surface area (Å²) in [5, 5.41) is 16.2. The number of rotatable bonds is 14. The summed E-state index contributed by atoms with van der Waals surface area (Å²) in [7, 11) is -0.741. The molecule has 0 aliphatic rings. The number of aliphatic hydroxyl groups excluding tert-OH is 2. The Morgan fingerprint density at radius 2 is 0.667 bits per heavy atom. The van der Waals surface area contributed by atoms with Crippen LogP contribution in [0.3, 0.4) is 0 Å². The monoisotopic (exact) mass is 728 g/mol. The van der Waals surface area contributed by atoms with Gasteiger partial charge in [0.15, 0.2) is 0 Å². The van der Waals surface area contributed by atoms with Crippen LogP contribution in [-0.4, -0.2) is 87.1 Å². The number of hydrogen-bond donors (Lipinski definition) is 2. The molecule has 264 valence electrons. The van der Waals surface area contributed by atoms with Crippen molar-refractivity contribution in [2.24, 2.45) is 0 Å². The molecule has 4 aromatic carbocycles. The van der Waals surface area contributed by atoms with Crippen molar-refractivity contribution in [3.05, 3.63) is 132 Å². The first-order valence-corrected chi connectivity index (χ1v) is 25.4. The number of benzene rings is 4. The highest BCUT2D eigenvalue weighted by molar-refractivity contribution is 6.92. The predicted octanol–water partition coefficient (Wildman–Crippen LogP) is 5.47. The van der Waals surface area contributed by atoms with E-state index in [1.54, 1.807) is 28.4 Å². The summed E-state index contributed by atoms with van der Waals surface area (Å²) >= 11 is 0. The van der Waals surface area contributed by atoms with Gasteiger partial charge in [-0.2, -0.15) is 0 Å². The van der Waals surface area contributed by atoms with Gasteiger partial charge in [-0.05, 0) is 47.7 Å². The molecular formula is C36H56O8Si4. The molecule has 0 saturated carbocycles. The molecule has 0 spiro atoms. The van der Waals surface area contributed by atoms with Gasteiger partial charge in [0, 0.05) is 54.7 Å². The molecule has 0 radical (unpaired) electrons. The minimum absolute atomic E-state index is 0.824. The first-order chi connectivity index (χ1) is 23.0. The van der Waals surface area contributed by atoms with Crippen molar-refractivity contribution in [2.75, 3.05) is 42.7 Å². The molecular weight excluding hydrogens is 673 g/mol. The lowest BCUT2D eigenvalue weighted by molar-refractivity contribution is 0.239. The molecule has 4 aromatic rings. The topological polar surface area (TPSA) is 95.8 Å². The second kappa shape index (κ2) is 22.2. The molecule has 0 fully saturated rings. The Morgan fingerprint density at radius 1 is 0.396 bits per heavy atom. The highest BCUT2D eigenvalue weighted by Crippen LogP contribution is 2.23. The Balaban J connectivity index is 0.000000436. The van der Waals surface area contributed by atoms with Crippen molar-refractivity contribution in [3.8, 4) is 0 Å². The fourth-order valence-electron chi connectivity index (χ4n) is 4.98. The molecule has 0 aliphatic heterocycles. The minimum atomic E-state index is -2.50. The van der Waals surface area contributed by atoms with E-state index in [0.717, 1.165) is 36.7 Å². The van der Waals surface area contributed by atoms with Gasteiger partial charge in [0.05, 0.1) is 0 Å². The highest BCUT2D eigenvalue weighted by Gasteiger charge is 2.45. The van der Waals surface area contributed by atoms with E-state index in [4.69, 9.17) is 36.1 Å². The van der Waals surface area contributed by atoms with Gasteiger partial charge >= 0.3 is 34.2 Å². The van der Waals surface area contributed by atoms with Crippen molar-refractivity contribution in [1.29, 1.82) is 0 Å². The van der Waals surface area contributed by atoms with Gasteiger partial charge in [0.25, 0.3) is 0 Å². The Morgan fingerprint density at radius 3 is 0.917 bits per heavy atom. The SMILES string of the molecule is CO.CO.CO[Si](C)(Cc1ccccc1)O[Si](C)(Cc1ccccc1)OC.CO[Si](C)(O[Si](C)(OC)c1ccccc1)c1ccccc1. The fourth-order valence-corrected chi connectivity index (χ4v) is 18.8. The summed E-state index contributed by atoms with van der Waals surface area (Å²) in [5.41, 5.74) is 2.49. The highest BCUT2D eigenvalue weighted by atomic mass is 28.5. The normalized spacial score (nSPS) is 15.6. The molecule has 0 amide bonds. The van der Waals surface area contributed by atoms with Crippen LogP contribution in [0.4, 0.5) is 0 Å². The molecule has 48 heavy (non-hydrogen) atoms. The molecule has 0 aliphatic carbocycles. The van der Waals surface area contributed by atoms with E-state index in [1.165, 1.54) is 11.1 Å². The zero-order chi connectivity index (χ0) is 36.1. The fraction of sp³-hybridized carbons (Fsp3) is 0.333. The molecule has 0 aromatic heterocycles. The van der Waals surface area contributed by atoms with Gasteiger partial charge in [-0.1, -0.05) is 121 Å². The zero-order valence-corrected chi connectivity index (χ0v) is 34.3. The van der Waals surface area contributed by atoms with Gasteiger partial charge < -0.3 is 36.1 Å². The third kappa shape index (κ3) is 13.7. The summed E-state index contributed by atoms with van der Waals surface area (Å²) in [6, 6.07) is 42.7. The van der Waals surface area contributed by atoms with Crippen LogP contribution in [0.1, 0.15) is 11.1 Å². The molecule has 0 heterocycles. The van der Waals surface area contributed by atoms with E-state index in [2.05, 4.69) is 99.0 Å². The second-order valence-corrected chi connectivity index (χ2v) is 24.7. The summed E-state index contributed by atoms with van der Waals surface area (Å²) in [6.45, 7) is 8.37. The average molecular weight is 729 g/mol. The maximum absolute atomic E-state index is 7.00. The van der Waals surface area contributed by atoms with Gasteiger partial charge in [-0.25, -0.2) is 0 Å². The molecule has 0 bridgehead atoms. The standard InChI is InChI=1S/C18H26O3Si2.C16H22O3Si2.2CH4O/c1-19-22(3,15-17-11-7-5-8-12-17)21-23(4,20-2)16-18-13-9-6-10-14-18;1-17-20(3,15-11-7-5-8-12-15)19-21(4,18-2)16-13-9-6-10-14-16;2*1-2/h5-14H,15-16H2,1-4H3;5-14H,1-4H3;2*2H,1H3. The van der Waals surface area contributed by atoms with Crippen LogP contribution in [0.15, 0.2) is 121 Å². The van der Waals surface area contributed by atoms with Crippen LogP contribution in [-0.2, 0) is 38.0 Å². The molecule has 4 rings (SSSR count). The lowest BCUT2D eigenvalue weighted by Crippen LogP contribution is -2.63. The van der Waals surface area contributed by atoms with Crippen molar-refractivity contribution in [1.82, 2.24) is 0 Å². The third-order valence-electron chi connectivity index (χ3n) is 7.80. The first-order valence-electron chi connectivity index (χ1n) is 15.7. The van der Waals surface area contributed by atoms with Crippen LogP contribution in [0.5, 0.6) is 0 Å². The smallest absolute Gasteiger partial charge is 0.360 e. The molecule has 4 unspecified atom stereocenters. The maximum Gasteiger partial charge on any atom is 0.360 e. The van der Waals surface area contributed by atoms with E-state index in [1.807, 2.05) is 48.5 Å². The summed E-state index contributed by atoms with van der Waals surface area (Å²) < 4.78 is 36.4. The maximum atomic E-state index is 7.00. The first kappa shape index (κ1) is 43.4. The lowest BCUT2D eigenvalue weighted by Gasteiger charge is -2.35. The van der Waals surface area contributed by atoms with E-state index in [-0.39, 0.29) is 0 Å². The van der Waals surface area contributed by atoms with E-state index in [9.17, 15) is 0 Å². The van der Waals surface area contributed by atoms with Gasteiger partial charge in [0.1, 0.15) is 0 Å². The van der Waals surface area contributed by atoms with E-state index < -0.39 is 34.2 Å². The predicted molar refractivity (Wildman–Crippen MR) is 205 cm³/mol. The second-order valence-electron chi connectivity index (χ2n) is 11.2. The van der Waals surface area contributed by atoms with Gasteiger partial charge in [-0.3, -0.25) is 0 Å². The average Bonchev–Trinajstić information content (AvgIpc) is 3.15. The van der Waals surface area contributed by atoms with E-state index in [0.29, 0.717) is 0 Å². The van der Waals surface area contributed by atoms with Gasteiger partial charge in [0.2, 0.25) is 0 Å². The quantitative estimate of drug-likeness (QED) is 0.165. The van der Waals surface area contributed by atoms with Crippen LogP contribution in [0, 0.1) is 0 Å². The van der Waals surface area contributed by atoms with Crippen LogP contribution in [0.25, 0.3) is 0 Å². The summed E-state index contributed by atoms with van der Waals surface area (Å²) in [4.78, 5) is 0. The molecule has 2 N–H and O–H groups in total. The Bertz CT molecular complexity index is 1270. The Labute approximate surface area is 293 Å². The van der Waals surface area contributed by atoms with Crippen LogP contribution < -0.4 is 10.4 Å². The van der Waals surface area contributed by atoms with Crippen molar-refractivity contribution < 1.29 is 36.1 Å². The van der Waals surface area contributed by atoms with Crippen molar-refractivity contribution >= 4 is 44.6 Å². The third-order valence-corrected chi connectivity index (χ3v) is 22.5. The number of hydrogen-bond acceptors (Lipinski definition) is 8. The number of aliphatic hydroxyl groups is 2. The van der Waals surface area contributed by atoms with Crippen LogP contribution in [0.2, 0.25) is 26.2 Å².